The summed E-state index contributed by atoms with van der Waals surface area (Å²) in [5.74, 6) is -0.981. The van der Waals surface area contributed by atoms with Gasteiger partial charge in [0.1, 0.15) is 12.4 Å². The maximum atomic E-state index is 13.0. The van der Waals surface area contributed by atoms with Crippen molar-refractivity contribution >= 4 is 22.0 Å². The van der Waals surface area contributed by atoms with Crippen molar-refractivity contribution in [1.29, 1.82) is 0 Å². The Morgan fingerprint density at radius 2 is 1.69 bits per heavy atom. The summed E-state index contributed by atoms with van der Waals surface area (Å²) < 4.78 is 42.5. The number of esters is 2. The number of hydrogen-bond acceptors (Lipinski definition) is 7. The largest absolute Gasteiger partial charge is 0.463 e. The van der Waals surface area contributed by atoms with Gasteiger partial charge in [0.25, 0.3) is 0 Å². The molecule has 1 aliphatic rings. The van der Waals surface area contributed by atoms with Crippen LogP contribution in [0.4, 0.5) is 0 Å². The Bertz CT molecular complexity index is 1250. The van der Waals surface area contributed by atoms with E-state index in [0.29, 0.717) is 19.5 Å². The summed E-state index contributed by atoms with van der Waals surface area (Å²) in [5.41, 5.74) is 2.36. The lowest BCUT2D eigenvalue weighted by Crippen LogP contribution is -2.35. The summed E-state index contributed by atoms with van der Waals surface area (Å²) in [7, 11) is -2.45. The number of sulfonamides is 1. The molecule has 2 heterocycles. The van der Waals surface area contributed by atoms with Gasteiger partial charge in [-0.2, -0.15) is 4.31 Å². The minimum Gasteiger partial charge on any atom is -0.463 e. The number of hydrogen-bond donors (Lipinski definition) is 0. The topological polar surface area (TPSA) is 103 Å². The number of rotatable bonds is 6. The molecule has 3 aromatic rings. The van der Waals surface area contributed by atoms with Crippen LogP contribution in [0.2, 0.25) is 0 Å². The number of furan rings is 1. The highest BCUT2D eigenvalue weighted by atomic mass is 32.2. The van der Waals surface area contributed by atoms with Crippen molar-refractivity contribution in [2.45, 2.75) is 24.5 Å². The lowest BCUT2D eigenvalue weighted by atomic mass is 10.0. The zero-order valence-electron chi connectivity index (χ0n) is 17.3. The molecule has 1 aromatic heterocycles. The molecule has 0 radical (unpaired) electrons. The van der Waals surface area contributed by atoms with Crippen LogP contribution in [-0.4, -0.2) is 38.3 Å². The van der Waals surface area contributed by atoms with Gasteiger partial charge in [0.2, 0.25) is 15.8 Å². The Morgan fingerprint density at radius 1 is 0.969 bits per heavy atom. The van der Waals surface area contributed by atoms with Gasteiger partial charge in [-0.15, -0.1) is 0 Å². The van der Waals surface area contributed by atoms with Crippen LogP contribution in [0.5, 0.6) is 0 Å². The molecule has 0 saturated heterocycles. The fraction of sp³-hybridized carbons (Fsp3) is 0.217. The van der Waals surface area contributed by atoms with Gasteiger partial charge in [0.05, 0.1) is 17.6 Å². The molecule has 0 N–H and O–H groups in total. The second-order valence-corrected chi connectivity index (χ2v) is 9.15. The van der Waals surface area contributed by atoms with E-state index in [1.54, 1.807) is 0 Å². The third-order valence-electron chi connectivity index (χ3n) is 5.22. The highest BCUT2D eigenvalue weighted by molar-refractivity contribution is 7.89. The zero-order chi connectivity index (χ0) is 22.7. The molecular formula is C23H21NO7S. The monoisotopic (exact) mass is 455 g/mol. The van der Waals surface area contributed by atoms with Crippen LogP contribution in [0.25, 0.3) is 0 Å². The predicted molar refractivity (Wildman–Crippen MR) is 113 cm³/mol. The van der Waals surface area contributed by atoms with Crippen molar-refractivity contribution in [2.75, 3.05) is 13.7 Å². The van der Waals surface area contributed by atoms with Crippen LogP contribution in [0.3, 0.4) is 0 Å². The van der Waals surface area contributed by atoms with Gasteiger partial charge in [-0.25, -0.2) is 18.0 Å². The lowest BCUT2D eigenvalue weighted by Gasteiger charge is -2.28. The van der Waals surface area contributed by atoms with Crippen LogP contribution in [0, 0.1) is 0 Å². The summed E-state index contributed by atoms with van der Waals surface area (Å²) in [4.78, 5) is 23.8. The molecule has 0 atom stereocenters. The SMILES string of the molecule is COC(=O)c1ccc(COC(=O)c2ccc(S(=O)(=O)N3CCc4ccccc4C3)cc2)o1. The van der Waals surface area contributed by atoms with Crippen molar-refractivity contribution in [3.8, 4) is 0 Å². The van der Waals surface area contributed by atoms with Crippen molar-refractivity contribution in [3.05, 3.63) is 88.9 Å². The van der Waals surface area contributed by atoms with E-state index in [9.17, 15) is 18.0 Å². The summed E-state index contributed by atoms with van der Waals surface area (Å²) in [5, 5.41) is 0. The smallest absolute Gasteiger partial charge is 0.373 e. The second kappa shape index (κ2) is 8.97. The van der Waals surface area contributed by atoms with Gasteiger partial charge in [-0.1, -0.05) is 24.3 Å². The number of fused-ring (bicyclic) bond motifs is 1. The molecule has 2 aromatic carbocycles. The fourth-order valence-electron chi connectivity index (χ4n) is 3.47. The minimum absolute atomic E-state index is 0.00782. The van der Waals surface area contributed by atoms with Crippen LogP contribution in [-0.2, 0) is 39.1 Å². The van der Waals surface area contributed by atoms with Crippen molar-refractivity contribution in [1.82, 2.24) is 4.31 Å². The number of nitrogens with zero attached hydrogens (tertiary/aromatic N) is 1. The number of carbonyl (C=O) groups excluding carboxylic acids is 2. The van der Waals surface area contributed by atoms with Crippen molar-refractivity contribution in [3.63, 3.8) is 0 Å². The normalized spacial score (nSPS) is 13.9. The third kappa shape index (κ3) is 4.44. The van der Waals surface area contributed by atoms with E-state index in [1.807, 2.05) is 24.3 Å². The molecule has 0 bridgehead atoms. The minimum atomic E-state index is -3.69. The molecule has 0 aliphatic carbocycles. The molecule has 1 aliphatic heterocycles. The van der Waals surface area contributed by atoms with E-state index in [2.05, 4.69) is 4.74 Å². The maximum absolute atomic E-state index is 13.0. The summed E-state index contributed by atoms with van der Waals surface area (Å²) >= 11 is 0. The van der Waals surface area contributed by atoms with Gasteiger partial charge < -0.3 is 13.9 Å². The van der Waals surface area contributed by atoms with Gasteiger partial charge in [-0.3, -0.25) is 0 Å². The molecule has 9 heteroatoms. The van der Waals surface area contributed by atoms with Gasteiger partial charge in [0, 0.05) is 13.1 Å². The Morgan fingerprint density at radius 3 is 2.41 bits per heavy atom. The molecule has 0 fully saturated rings. The highest BCUT2D eigenvalue weighted by Crippen LogP contribution is 2.25. The Hall–Kier alpha value is -3.43. The van der Waals surface area contributed by atoms with E-state index in [0.717, 1.165) is 11.1 Å². The van der Waals surface area contributed by atoms with Gasteiger partial charge in [0.15, 0.2) is 0 Å². The molecular weight excluding hydrogens is 434 g/mol. The first-order valence-electron chi connectivity index (χ1n) is 9.89. The molecule has 0 amide bonds. The standard InChI is InChI=1S/C23H21NO7S/c1-29-23(26)21-11-8-19(31-21)15-30-22(25)17-6-9-20(10-7-17)32(27,28)24-13-12-16-4-2-3-5-18(16)14-24/h2-11H,12-15H2,1H3. The van der Waals surface area contributed by atoms with E-state index in [4.69, 9.17) is 9.15 Å². The van der Waals surface area contributed by atoms with E-state index < -0.39 is 22.0 Å². The Balaban J connectivity index is 1.40. The fourth-order valence-corrected chi connectivity index (χ4v) is 4.89. The van der Waals surface area contributed by atoms with Crippen molar-refractivity contribution < 1.29 is 31.9 Å². The molecule has 0 saturated carbocycles. The van der Waals surface area contributed by atoms with E-state index in [-0.39, 0.29) is 28.6 Å². The first-order chi connectivity index (χ1) is 15.4. The van der Waals surface area contributed by atoms with Crippen LogP contribution in [0.1, 0.15) is 37.8 Å². The third-order valence-corrected chi connectivity index (χ3v) is 7.08. The lowest BCUT2D eigenvalue weighted by molar-refractivity contribution is 0.0438. The average molecular weight is 455 g/mol. The Kier molecular flexibility index (Phi) is 6.11. The molecule has 0 unspecified atom stereocenters. The molecule has 32 heavy (non-hydrogen) atoms. The zero-order valence-corrected chi connectivity index (χ0v) is 18.1. The highest BCUT2D eigenvalue weighted by Gasteiger charge is 2.28. The quantitative estimate of drug-likeness (QED) is 0.526. The van der Waals surface area contributed by atoms with Crippen LogP contribution >= 0.6 is 0 Å². The molecule has 4 rings (SSSR count). The van der Waals surface area contributed by atoms with Gasteiger partial charge in [-0.05, 0) is 53.9 Å². The maximum Gasteiger partial charge on any atom is 0.373 e. The van der Waals surface area contributed by atoms with E-state index in [1.165, 1.54) is 47.8 Å². The number of carbonyl (C=O) groups is 2. The first-order valence-corrected chi connectivity index (χ1v) is 11.3. The molecule has 8 nitrogen and oxygen atoms in total. The van der Waals surface area contributed by atoms with Gasteiger partial charge >= 0.3 is 11.9 Å². The van der Waals surface area contributed by atoms with Crippen molar-refractivity contribution in [2.24, 2.45) is 0 Å². The summed E-state index contributed by atoms with van der Waals surface area (Å²) in [6.07, 6.45) is 0.657. The summed E-state index contributed by atoms with van der Waals surface area (Å²) in [6.45, 7) is 0.544. The Labute approximate surface area is 185 Å². The van der Waals surface area contributed by atoms with E-state index >= 15 is 0 Å². The van der Waals surface area contributed by atoms with Crippen LogP contribution in [0.15, 0.2) is 70.0 Å². The number of ether oxygens (including phenoxy) is 2. The predicted octanol–water partition coefficient (Wildman–Crippen LogP) is 3.17. The van der Waals surface area contributed by atoms with Crippen LogP contribution < -0.4 is 0 Å². The summed E-state index contributed by atoms with van der Waals surface area (Å²) in [6, 6.07) is 16.3. The first kappa shape index (κ1) is 21.8. The number of methoxy groups -OCH3 is 1. The molecule has 0 spiro atoms. The molecule has 166 valence electrons. The average Bonchev–Trinajstić information content (AvgIpc) is 3.31. The second-order valence-electron chi connectivity index (χ2n) is 7.22. The number of benzene rings is 2.